The van der Waals surface area contributed by atoms with Crippen molar-refractivity contribution < 1.29 is 0 Å². The molecule has 0 saturated heterocycles. The fourth-order valence-electron chi connectivity index (χ4n) is 2.23. The second-order valence-electron chi connectivity index (χ2n) is 5.79. The van der Waals surface area contributed by atoms with E-state index in [1.165, 1.54) is 5.56 Å². The molecule has 0 bridgehead atoms. The van der Waals surface area contributed by atoms with E-state index in [4.69, 9.17) is 10.7 Å². The van der Waals surface area contributed by atoms with E-state index < -0.39 is 0 Å². The Hall–Kier alpha value is -1.90. The zero-order chi connectivity index (χ0) is 14.7. The number of nitrogen functional groups attached to an aromatic ring is 1. The van der Waals surface area contributed by atoms with Crippen molar-refractivity contribution in [1.29, 1.82) is 0 Å². The van der Waals surface area contributed by atoms with Crippen molar-refractivity contribution in [2.45, 2.75) is 46.0 Å². The van der Waals surface area contributed by atoms with Gasteiger partial charge in [0, 0.05) is 23.0 Å². The predicted molar refractivity (Wildman–Crippen MR) is 83.8 cm³/mol. The molecule has 3 nitrogen and oxygen atoms in total. The summed E-state index contributed by atoms with van der Waals surface area (Å²) in [7, 11) is 0. The third-order valence-corrected chi connectivity index (χ3v) is 3.45. The summed E-state index contributed by atoms with van der Waals surface area (Å²) in [5.74, 6) is 1.67. The normalized spacial score (nSPS) is 12.7. The third-order valence-electron chi connectivity index (χ3n) is 3.45. The van der Waals surface area contributed by atoms with Gasteiger partial charge in [0.15, 0.2) is 0 Å². The minimum atomic E-state index is 0.302. The number of aryl methyl sites for hydroxylation is 1. The van der Waals surface area contributed by atoms with Crippen LogP contribution < -0.4 is 5.73 Å². The van der Waals surface area contributed by atoms with Crippen molar-refractivity contribution in [3.63, 3.8) is 0 Å². The summed E-state index contributed by atoms with van der Waals surface area (Å²) in [6, 6.07) is 10.1. The highest BCUT2D eigenvalue weighted by molar-refractivity contribution is 5.39. The molecule has 2 rings (SSSR count). The fraction of sp³-hybridized carbons (Fsp3) is 0.412. The number of rotatable bonds is 4. The second-order valence-corrected chi connectivity index (χ2v) is 5.79. The average molecular weight is 269 g/mol. The molecule has 0 aliphatic carbocycles. The second kappa shape index (κ2) is 6.04. The van der Waals surface area contributed by atoms with E-state index in [-0.39, 0.29) is 0 Å². The Morgan fingerprint density at radius 1 is 1.05 bits per heavy atom. The number of aromatic nitrogens is 2. The lowest BCUT2D eigenvalue weighted by atomic mass is 9.99. The van der Waals surface area contributed by atoms with Crippen LogP contribution >= 0.6 is 0 Å². The molecule has 0 spiro atoms. The van der Waals surface area contributed by atoms with Gasteiger partial charge in [-0.15, -0.1) is 0 Å². The molecule has 0 aliphatic rings. The smallest absolute Gasteiger partial charge is 0.131 e. The first kappa shape index (κ1) is 14.5. The van der Waals surface area contributed by atoms with Gasteiger partial charge in [0.1, 0.15) is 5.82 Å². The van der Waals surface area contributed by atoms with Gasteiger partial charge in [-0.1, -0.05) is 32.9 Å². The van der Waals surface area contributed by atoms with E-state index in [0.717, 1.165) is 29.3 Å². The highest BCUT2D eigenvalue weighted by atomic mass is 14.9. The Labute approximate surface area is 121 Å². The summed E-state index contributed by atoms with van der Waals surface area (Å²) < 4.78 is 0. The molecule has 1 atom stereocenters. The number of nitrogens with zero attached hydrogens (tertiary/aromatic N) is 2. The molecule has 0 fully saturated rings. The molecule has 2 N–H and O–H groups in total. The van der Waals surface area contributed by atoms with Gasteiger partial charge in [0.05, 0.1) is 0 Å². The van der Waals surface area contributed by atoms with E-state index in [1.807, 2.05) is 19.1 Å². The van der Waals surface area contributed by atoms with Crippen molar-refractivity contribution in [2.24, 2.45) is 0 Å². The van der Waals surface area contributed by atoms with Gasteiger partial charge < -0.3 is 5.73 Å². The van der Waals surface area contributed by atoms with Crippen LogP contribution in [0.4, 0.5) is 5.69 Å². The molecule has 0 amide bonds. The number of benzene rings is 1. The molecule has 0 aliphatic heterocycles. The molecular formula is C17H23N3. The lowest BCUT2D eigenvalue weighted by Crippen LogP contribution is -2.08. The summed E-state index contributed by atoms with van der Waals surface area (Å²) in [5.41, 5.74) is 9.95. The predicted octanol–water partition coefficient (Wildman–Crippen LogP) is 3.84. The highest BCUT2D eigenvalue weighted by Crippen LogP contribution is 2.21. The maximum Gasteiger partial charge on any atom is 0.131 e. The lowest BCUT2D eigenvalue weighted by molar-refractivity contribution is 0.672. The van der Waals surface area contributed by atoms with Crippen LogP contribution in [-0.2, 0) is 6.42 Å². The molecule has 20 heavy (non-hydrogen) atoms. The maximum atomic E-state index is 5.72. The van der Waals surface area contributed by atoms with Crippen LogP contribution in [0.15, 0.2) is 30.3 Å². The van der Waals surface area contributed by atoms with Gasteiger partial charge in [-0.3, -0.25) is 0 Å². The van der Waals surface area contributed by atoms with Gasteiger partial charge >= 0.3 is 0 Å². The Bertz CT molecular complexity index is 573. The van der Waals surface area contributed by atoms with Crippen molar-refractivity contribution >= 4 is 5.69 Å². The molecule has 1 unspecified atom stereocenters. The average Bonchev–Trinajstić information content (AvgIpc) is 2.40. The fourth-order valence-corrected chi connectivity index (χ4v) is 2.23. The van der Waals surface area contributed by atoms with E-state index in [2.05, 4.69) is 44.0 Å². The minimum Gasteiger partial charge on any atom is -0.399 e. The van der Waals surface area contributed by atoms with E-state index >= 15 is 0 Å². The number of nitrogens with two attached hydrogens (primary N) is 1. The van der Waals surface area contributed by atoms with E-state index in [9.17, 15) is 0 Å². The quantitative estimate of drug-likeness (QED) is 0.858. The van der Waals surface area contributed by atoms with Crippen LogP contribution in [0.5, 0.6) is 0 Å². The molecule has 3 heteroatoms. The highest BCUT2D eigenvalue weighted by Gasteiger charge is 2.13. The van der Waals surface area contributed by atoms with E-state index in [1.54, 1.807) is 0 Å². The van der Waals surface area contributed by atoms with Crippen LogP contribution in [0.25, 0.3) is 0 Å². The molecule has 106 valence electrons. The van der Waals surface area contributed by atoms with Crippen molar-refractivity contribution in [3.8, 4) is 0 Å². The van der Waals surface area contributed by atoms with Crippen molar-refractivity contribution in [3.05, 3.63) is 53.1 Å². The molecule has 1 aromatic carbocycles. The molecule has 1 heterocycles. The topological polar surface area (TPSA) is 51.8 Å². The molecule has 2 aromatic rings. The SMILES string of the molecule is Cc1cc(C(C)C)nc(C(C)Cc2ccc(N)cc2)n1. The monoisotopic (exact) mass is 269 g/mol. The minimum absolute atomic E-state index is 0.302. The van der Waals surface area contributed by atoms with Gasteiger partial charge in [0.25, 0.3) is 0 Å². The number of anilines is 1. The van der Waals surface area contributed by atoms with E-state index in [0.29, 0.717) is 11.8 Å². The molecule has 0 radical (unpaired) electrons. The van der Waals surface area contributed by atoms with Crippen molar-refractivity contribution in [1.82, 2.24) is 9.97 Å². The van der Waals surface area contributed by atoms with Gasteiger partial charge in [-0.05, 0) is 43.0 Å². The Morgan fingerprint density at radius 2 is 1.70 bits per heavy atom. The van der Waals surface area contributed by atoms with Crippen LogP contribution in [0.2, 0.25) is 0 Å². The van der Waals surface area contributed by atoms with Crippen molar-refractivity contribution in [2.75, 3.05) is 5.73 Å². The van der Waals surface area contributed by atoms with Crippen LogP contribution in [0.3, 0.4) is 0 Å². The molecule has 1 aromatic heterocycles. The Balaban J connectivity index is 2.20. The first-order chi connectivity index (χ1) is 9.45. The molecular weight excluding hydrogens is 246 g/mol. The maximum absolute atomic E-state index is 5.72. The van der Waals surface area contributed by atoms with Gasteiger partial charge in [-0.25, -0.2) is 9.97 Å². The lowest BCUT2D eigenvalue weighted by Gasteiger charge is -2.14. The number of hydrogen-bond donors (Lipinski definition) is 1. The zero-order valence-electron chi connectivity index (χ0n) is 12.7. The van der Waals surface area contributed by atoms with Crippen LogP contribution in [0, 0.1) is 6.92 Å². The Morgan fingerprint density at radius 3 is 2.30 bits per heavy atom. The summed E-state index contributed by atoms with van der Waals surface area (Å²) in [4.78, 5) is 9.30. The third kappa shape index (κ3) is 3.56. The summed E-state index contributed by atoms with van der Waals surface area (Å²) >= 11 is 0. The van der Waals surface area contributed by atoms with Gasteiger partial charge in [-0.2, -0.15) is 0 Å². The first-order valence-electron chi connectivity index (χ1n) is 7.15. The van der Waals surface area contributed by atoms with Crippen LogP contribution in [0.1, 0.15) is 55.4 Å². The first-order valence-corrected chi connectivity index (χ1v) is 7.15. The largest absolute Gasteiger partial charge is 0.399 e. The summed E-state index contributed by atoms with van der Waals surface area (Å²) in [6.45, 7) is 8.54. The standard InChI is InChI=1S/C17H23N3/c1-11(2)16-10-13(4)19-17(20-16)12(3)9-14-5-7-15(18)8-6-14/h5-8,10-12H,9,18H2,1-4H3. The van der Waals surface area contributed by atoms with Crippen LogP contribution in [-0.4, -0.2) is 9.97 Å². The summed E-state index contributed by atoms with van der Waals surface area (Å²) in [5, 5.41) is 0. The molecule has 0 saturated carbocycles. The summed E-state index contributed by atoms with van der Waals surface area (Å²) in [6.07, 6.45) is 0.932. The Kier molecular flexibility index (Phi) is 4.38. The number of hydrogen-bond acceptors (Lipinski definition) is 3. The zero-order valence-corrected chi connectivity index (χ0v) is 12.7. The van der Waals surface area contributed by atoms with Gasteiger partial charge in [0.2, 0.25) is 0 Å².